The van der Waals surface area contributed by atoms with Gasteiger partial charge < -0.3 is 10.1 Å². The summed E-state index contributed by atoms with van der Waals surface area (Å²) < 4.78 is 46.6. The Hall–Kier alpha value is -3.15. The molecule has 1 N–H and O–H groups in total. The molecule has 0 spiro atoms. The zero-order valence-electron chi connectivity index (χ0n) is 18.7. The number of hydrogen-bond donors (Lipinski definition) is 1. The molecular formula is C23H24FN3O6S. The number of hydrogen-bond acceptors (Lipinski definition) is 6. The van der Waals surface area contributed by atoms with E-state index in [2.05, 4.69) is 5.32 Å². The van der Waals surface area contributed by atoms with Crippen LogP contribution in [0, 0.1) is 11.7 Å². The van der Waals surface area contributed by atoms with Gasteiger partial charge in [0.05, 0.1) is 24.3 Å². The second kappa shape index (κ2) is 9.24. The van der Waals surface area contributed by atoms with Crippen molar-refractivity contribution in [2.75, 3.05) is 31.6 Å². The third kappa shape index (κ3) is 4.22. The summed E-state index contributed by atoms with van der Waals surface area (Å²) in [6, 6.07) is 8.37. The number of carbonyl (C=O) groups is 3. The molecule has 0 aromatic heterocycles. The van der Waals surface area contributed by atoms with Crippen molar-refractivity contribution < 1.29 is 31.9 Å². The molecular weight excluding hydrogens is 465 g/mol. The van der Waals surface area contributed by atoms with Gasteiger partial charge in [0.15, 0.2) is 0 Å². The molecule has 1 saturated heterocycles. The highest BCUT2D eigenvalue weighted by molar-refractivity contribution is 7.89. The lowest BCUT2D eigenvalue weighted by molar-refractivity contribution is -0.121. The SMILES string of the molecule is CC(C)C(C(=O)Nc1ccc(F)c(S(=O)(=O)N2CCOCC2)c1)N1C(=O)c2ccccc2C1=O. The second-order valence-electron chi connectivity index (χ2n) is 8.37. The molecule has 2 heterocycles. The van der Waals surface area contributed by atoms with E-state index in [1.807, 2.05) is 0 Å². The van der Waals surface area contributed by atoms with Crippen molar-refractivity contribution >= 4 is 33.4 Å². The van der Waals surface area contributed by atoms with Gasteiger partial charge in [0.2, 0.25) is 15.9 Å². The number of morpholine rings is 1. The number of amides is 3. The maximum absolute atomic E-state index is 14.5. The quantitative estimate of drug-likeness (QED) is 0.622. The van der Waals surface area contributed by atoms with Crippen molar-refractivity contribution in [1.29, 1.82) is 0 Å². The van der Waals surface area contributed by atoms with Crippen LogP contribution in [0.2, 0.25) is 0 Å². The molecule has 4 rings (SSSR count). The fraction of sp³-hybridized carbons (Fsp3) is 0.348. The number of sulfonamides is 1. The molecule has 0 bridgehead atoms. The van der Waals surface area contributed by atoms with Gasteiger partial charge in [-0.05, 0) is 36.2 Å². The Bertz CT molecular complexity index is 1220. The molecule has 2 aromatic carbocycles. The highest BCUT2D eigenvalue weighted by Crippen LogP contribution is 2.29. The minimum absolute atomic E-state index is 0.0282. The lowest BCUT2D eigenvalue weighted by Crippen LogP contribution is -2.50. The summed E-state index contributed by atoms with van der Waals surface area (Å²) in [5, 5.41) is 2.55. The van der Waals surface area contributed by atoms with Gasteiger partial charge in [-0.25, -0.2) is 12.8 Å². The summed E-state index contributed by atoms with van der Waals surface area (Å²) in [5.74, 6) is -3.25. The maximum Gasteiger partial charge on any atom is 0.262 e. The minimum atomic E-state index is -4.15. The summed E-state index contributed by atoms with van der Waals surface area (Å²) in [6.07, 6.45) is 0. The normalized spacial score (nSPS) is 17.7. The number of ether oxygens (including phenoxy) is 1. The first-order valence-electron chi connectivity index (χ1n) is 10.8. The second-order valence-corrected chi connectivity index (χ2v) is 10.3. The lowest BCUT2D eigenvalue weighted by Gasteiger charge is -2.28. The molecule has 11 heteroatoms. The number of anilines is 1. The van der Waals surface area contributed by atoms with Crippen molar-refractivity contribution in [3.05, 3.63) is 59.4 Å². The molecule has 0 aliphatic carbocycles. The van der Waals surface area contributed by atoms with E-state index in [0.717, 1.165) is 21.3 Å². The summed E-state index contributed by atoms with van der Waals surface area (Å²) >= 11 is 0. The van der Waals surface area contributed by atoms with Crippen LogP contribution in [0.4, 0.5) is 10.1 Å². The number of rotatable bonds is 6. The Balaban J connectivity index is 1.61. The van der Waals surface area contributed by atoms with Crippen LogP contribution in [-0.2, 0) is 19.6 Å². The standard InChI is InChI=1S/C23H24FN3O6S/c1-14(2)20(27-22(29)16-5-3-4-6-17(16)23(27)30)21(28)25-15-7-8-18(24)19(13-15)34(31,32)26-9-11-33-12-10-26/h3-8,13-14,20H,9-12H2,1-2H3,(H,25,28). The number of carbonyl (C=O) groups excluding carboxylic acids is 3. The predicted molar refractivity (Wildman–Crippen MR) is 120 cm³/mol. The maximum atomic E-state index is 14.5. The van der Waals surface area contributed by atoms with Gasteiger partial charge in [-0.3, -0.25) is 19.3 Å². The number of imide groups is 1. The number of nitrogens with one attached hydrogen (secondary N) is 1. The van der Waals surface area contributed by atoms with Crippen LogP contribution >= 0.6 is 0 Å². The van der Waals surface area contributed by atoms with E-state index < -0.39 is 50.4 Å². The summed E-state index contributed by atoms with van der Waals surface area (Å²) in [6.45, 7) is 3.96. The summed E-state index contributed by atoms with van der Waals surface area (Å²) in [5.41, 5.74) is 0.457. The topological polar surface area (TPSA) is 113 Å². The van der Waals surface area contributed by atoms with Crippen molar-refractivity contribution in [3.8, 4) is 0 Å². The average molecular weight is 490 g/mol. The van der Waals surface area contributed by atoms with Gasteiger partial charge in [0.25, 0.3) is 11.8 Å². The summed E-state index contributed by atoms with van der Waals surface area (Å²) in [4.78, 5) is 39.3. The minimum Gasteiger partial charge on any atom is -0.379 e. The van der Waals surface area contributed by atoms with E-state index in [9.17, 15) is 27.2 Å². The van der Waals surface area contributed by atoms with E-state index in [0.29, 0.717) is 0 Å². The molecule has 0 radical (unpaired) electrons. The molecule has 34 heavy (non-hydrogen) atoms. The van der Waals surface area contributed by atoms with Crippen LogP contribution in [0.1, 0.15) is 34.6 Å². The van der Waals surface area contributed by atoms with Gasteiger partial charge in [-0.1, -0.05) is 26.0 Å². The van der Waals surface area contributed by atoms with Crippen LogP contribution in [0.5, 0.6) is 0 Å². The summed E-state index contributed by atoms with van der Waals surface area (Å²) in [7, 11) is -4.15. The Kier molecular flexibility index (Phi) is 6.52. The Morgan fingerprint density at radius 2 is 1.62 bits per heavy atom. The fourth-order valence-corrected chi connectivity index (χ4v) is 5.60. The van der Waals surface area contributed by atoms with Crippen molar-refractivity contribution in [2.24, 2.45) is 5.92 Å². The van der Waals surface area contributed by atoms with Crippen molar-refractivity contribution in [1.82, 2.24) is 9.21 Å². The Morgan fingerprint density at radius 3 is 2.18 bits per heavy atom. The van der Waals surface area contributed by atoms with Crippen LogP contribution in [0.25, 0.3) is 0 Å². The van der Waals surface area contributed by atoms with E-state index in [1.165, 1.54) is 18.2 Å². The average Bonchev–Trinajstić information content (AvgIpc) is 3.06. The molecule has 3 amide bonds. The van der Waals surface area contributed by atoms with E-state index >= 15 is 0 Å². The molecule has 1 fully saturated rings. The van der Waals surface area contributed by atoms with Crippen LogP contribution in [0.3, 0.4) is 0 Å². The van der Waals surface area contributed by atoms with Crippen molar-refractivity contribution in [2.45, 2.75) is 24.8 Å². The lowest BCUT2D eigenvalue weighted by atomic mass is 10.0. The monoisotopic (exact) mass is 489 g/mol. The molecule has 0 saturated carbocycles. The van der Waals surface area contributed by atoms with Gasteiger partial charge >= 0.3 is 0 Å². The Labute approximate surface area is 196 Å². The third-order valence-corrected chi connectivity index (χ3v) is 7.70. The third-order valence-electron chi connectivity index (χ3n) is 5.79. The first-order valence-corrected chi connectivity index (χ1v) is 12.2. The molecule has 2 aromatic rings. The van der Waals surface area contributed by atoms with Gasteiger partial charge in [0.1, 0.15) is 16.8 Å². The van der Waals surface area contributed by atoms with Crippen LogP contribution in [0.15, 0.2) is 47.4 Å². The fourth-order valence-electron chi connectivity index (χ4n) is 4.10. The molecule has 2 aliphatic heterocycles. The van der Waals surface area contributed by atoms with E-state index in [-0.39, 0.29) is 43.1 Å². The first-order chi connectivity index (χ1) is 16.1. The van der Waals surface area contributed by atoms with E-state index in [4.69, 9.17) is 4.74 Å². The number of nitrogens with zero attached hydrogens (tertiary/aromatic N) is 2. The molecule has 180 valence electrons. The van der Waals surface area contributed by atoms with E-state index in [1.54, 1.807) is 26.0 Å². The first kappa shape index (κ1) is 24.0. The zero-order chi connectivity index (χ0) is 24.6. The van der Waals surface area contributed by atoms with Crippen LogP contribution in [-0.4, -0.2) is 67.7 Å². The molecule has 1 atom stereocenters. The molecule has 1 unspecified atom stereocenters. The van der Waals surface area contributed by atoms with Gasteiger partial charge in [0, 0.05) is 18.8 Å². The largest absolute Gasteiger partial charge is 0.379 e. The molecule has 9 nitrogen and oxygen atoms in total. The van der Waals surface area contributed by atoms with Crippen molar-refractivity contribution in [3.63, 3.8) is 0 Å². The van der Waals surface area contributed by atoms with Gasteiger partial charge in [-0.15, -0.1) is 0 Å². The Morgan fingerprint density at radius 1 is 1.03 bits per heavy atom. The van der Waals surface area contributed by atoms with Crippen LogP contribution < -0.4 is 5.32 Å². The zero-order valence-corrected chi connectivity index (χ0v) is 19.5. The van der Waals surface area contributed by atoms with Gasteiger partial charge in [-0.2, -0.15) is 4.31 Å². The highest BCUT2D eigenvalue weighted by atomic mass is 32.2. The number of benzene rings is 2. The number of halogens is 1. The number of fused-ring (bicyclic) bond motifs is 1. The smallest absolute Gasteiger partial charge is 0.262 e. The predicted octanol–water partition coefficient (Wildman–Crippen LogP) is 2.11. The molecule has 2 aliphatic rings. The highest BCUT2D eigenvalue weighted by Gasteiger charge is 2.44.